The summed E-state index contributed by atoms with van der Waals surface area (Å²) in [5.41, 5.74) is 1.27. The molecule has 1 amide bonds. The molecular formula is C24H32N2O5S. The van der Waals surface area contributed by atoms with Crippen LogP contribution < -0.4 is 19.5 Å². The molecule has 32 heavy (non-hydrogen) atoms. The number of amides is 1. The van der Waals surface area contributed by atoms with E-state index in [1.54, 1.807) is 7.11 Å². The van der Waals surface area contributed by atoms with Crippen LogP contribution >= 0.6 is 0 Å². The number of carbonyl (C=O) groups is 1. The van der Waals surface area contributed by atoms with Crippen LogP contribution in [0.2, 0.25) is 0 Å². The summed E-state index contributed by atoms with van der Waals surface area (Å²) in [5, 5.41) is 2.94. The van der Waals surface area contributed by atoms with Gasteiger partial charge in [-0.1, -0.05) is 25.8 Å². The molecule has 2 aromatic carbocycles. The van der Waals surface area contributed by atoms with Gasteiger partial charge in [-0.2, -0.15) is 0 Å². The number of unbranched alkanes of at least 4 members (excludes halogenated alkanes) is 2. The summed E-state index contributed by atoms with van der Waals surface area (Å²) >= 11 is 0. The lowest BCUT2D eigenvalue weighted by molar-refractivity contribution is 0.0939. The van der Waals surface area contributed by atoms with E-state index in [0.717, 1.165) is 37.7 Å². The SMILES string of the molecule is CCCCCOc1ccc(C(C)NC(=O)c2ccc(S(=O)(=O)NC3CC3)cc2)cc1OC. The van der Waals surface area contributed by atoms with Crippen molar-refractivity contribution in [2.75, 3.05) is 13.7 Å². The summed E-state index contributed by atoms with van der Waals surface area (Å²) in [4.78, 5) is 12.8. The molecule has 0 saturated heterocycles. The molecule has 1 fully saturated rings. The summed E-state index contributed by atoms with van der Waals surface area (Å²) in [6, 6.07) is 11.3. The molecule has 0 bridgehead atoms. The molecule has 0 radical (unpaired) electrons. The predicted octanol–water partition coefficient (Wildman–Crippen LogP) is 4.20. The molecule has 1 saturated carbocycles. The molecule has 1 aliphatic rings. The van der Waals surface area contributed by atoms with Crippen LogP contribution in [-0.2, 0) is 10.0 Å². The molecule has 1 unspecified atom stereocenters. The Kier molecular flexibility index (Phi) is 8.15. The Labute approximate surface area is 190 Å². The molecule has 174 valence electrons. The highest BCUT2D eigenvalue weighted by molar-refractivity contribution is 7.89. The van der Waals surface area contributed by atoms with Crippen LogP contribution in [0.1, 0.15) is 67.9 Å². The third kappa shape index (κ3) is 6.46. The topological polar surface area (TPSA) is 93.7 Å². The van der Waals surface area contributed by atoms with Crippen molar-refractivity contribution in [1.29, 1.82) is 0 Å². The fraction of sp³-hybridized carbons (Fsp3) is 0.458. The lowest BCUT2D eigenvalue weighted by Crippen LogP contribution is -2.27. The number of rotatable bonds is 12. The third-order valence-electron chi connectivity index (χ3n) is 5.37. The van der Waals surface area contributed by atoms with E-state index < -0.39 is 10.0 Å². The van der Waals surface area contributed by atoms with Gasteiger partial charge in [-0.3, -0.25) is 4.79 Å². The average molecular weight is 461 g/mol. The number of nitrogens with one attached hydrogen (secondary N) is 2. The Morgan fingerprint density at radius 1 is 1.09 bits per heavy atom. The maximum absolute atomic E-state index is 12.7. The van der Waals surface area contributed by atoms with Crippen LogP contribution in [0.15, 0.2) is 47.4 Å². The largest absolute Gasteiger partial charge is 0.493 e. The van der Waals surface area contributed by atoms with E-state index in [1.807, 2.05) is 25.1 Å². The van der Waals surface area contributed by atoms with Gasteiger partial charge in [0.15, 0.2) is 11.5 Å². The molecular weight excluding hydrogens is 428 g/mol. The summed E-state index contributed by atoms with van der Waals surface area (Å²) in [6.45, 7) is 4.66. The van der Waals surface area contributed by atoms with E-state index >= 15 is 0 Å². The smallest absolute Gasteiger partial charge is 0.251 e. The number of methoxy groups -OCH3 is 1. The maximum atomic E-state index is 12.7. The number of benzene rings is 2. The molecule has 0 heterocycles. The molecule has 2 N–H and O–H groups in total. The van der Waals surface area contributed by atoms with Crippen molar-refractivity contribution in [3.05, 3.63) is 53.6 Å². The maximum Gasteiger partial charge on any atom is 0.251 e. The summed E-state index contributed by atoms with van der Waals surface area (Å²) in [5.74, 6) is 1.02. The van der Waals surface area contributed by atoms with E-state index in [0.29, 0.717) is 23.7 Å². The zero-order chi connectivity index (χ0) is 23.1. The van der Waals surface area contributed by atoms with E-state index in [9.17, 15) is 13.2 Å². The Morgan fingerprint density at radius 2 is 1.81 bits per heavy atom. The Hall–Kier alpha value is -2.58. The number of hydrogen-bond donors (Lipinski definition) is 2. The van der Waals surface area contributed by atoms with Gasteiger partial charge in [0.2, 0.25) is 10.0 Å². The Morgan fingerprint density at radius 3 is 2.44 bits per heavy atom. The van der Waals surface area contributed by atoms with Gasteiger partial charge in [-0.05, 0) is 68.1 Å². The van der Waals surface area contributed by atoms with Crippen molar-refractivity contribution in [2.45, 2.75) is 62.9 Å². The Bertz CT molecular complexity index is 1020. The van der Waals surface area contributed by atoms with Crippen LogP contribution in [0.5, 0.6) is 11.5 Å². The predicted molar refractivity (Wildman–Crippen MR) is 124 cm³/mol. The average Bonchev–Trinajstić information content (AvgIpc) is 3.60. The molecule has 8 heteroatoms. The number of sulfonamides is 1. The van der Waals surface area contributed by atoms with Gasteiger partial charge in [0.25, 0.3) is 5.91 Å². The van der Waals surface area contributed by atoms with Gasteiger partial charge in [0.05, 0.1) is 24.7 Å². The van der Waals surface area contributed by atoms with Crippen molar-refractivity contribution in [3.63, 3.8) is 0 Å². The van der Waals surface area contributed by atoms with E-state index in [2.05, 4.69) is 17.0 Å². The van der Waals surface area contributed by atoms with Crippen LogP contribution in [0, 0.1) is 0 Å². The van der Waals surface area contributed by atoms with Crippen LogP contribution in [0.3, 0.4) is 0 Å². The van der Waals surface area contributed by atoms with Crippen molar-refractivity contribution >= 4 is 15.9 Å². The lowest BCUT2D eigenvalue weighted by atomic mass is 10.1. The molecule has 2 aromatic rings. The van der Waals surface area contributed by atoms with Gasteiger partial charge < -0.3 is 14.8 Å². The first kappa shape index (κ1) is 24.1. The second kappa shape index (κ2) is 10.8. The molecule has 0 aromatic heterocycles. The first-order valence-electron chi connectivity index (χ1n) is 11.1. The second-order valence-electron chi connectivity index (χ2n) is 8.08. The van der Waals surface area contributed by atoms with Gasteiger partial charge >= 0.3 is 0 Å². The van der Waals surface area contributed by atoms with Crippen LogP contribution in [-0.4, -0.2) is 34.1 Å². The highest BCUT2D eigenvalue weighted by Gasteiger charge is 2.28. The number of ether oxygens (including phenoxy) is 2. The van der Waals surface area contributed by atoms with Crippen LogP contribution in [0.25, 0.3) is 0 Å². The highest BCUT2D eigenvalue weighted by atomic mass is 32.2. The fourth-order valence-corrected chi connectivity index (χ4v) is 4.55. The molecule has 1 aliphatic carbocycles. The summed E-state index contributed by atoms with van der Waals surface area (Å²) in [7, 11) is -1.94. The molecule has 7 nitrogen and oxygen atoms in total. The molecule has 3 rings (SSSR count). The minimum Gasteiger partial charge on any atom is -0.493 e. The van der Waals surface area contributed by atoms with E-state index in [4.69, 9.17) is 9.47 Å². The standard InChI is InChI=1S/C24H32N2O5S/c1-4-5-6-15-31-22-14-9-19(16-23(22)30-3)17(2)25-24(27)18-7-12-21(13-8-18)32(28,29)26-20-10-11-20/h7-9,12-14,16-17,20,26H,4-6,10-11,15H2,1-3H3,(H,25,27). The van der Waals surface area contributed by atoms with Gasteiger partial charge in [-0.15, -0.1) is 0 Å². The van der Waals surface area contributed by atoms with Crippen molar-refractivity contribution in [3.8, 4) is 11.5 Å². The molecule has 0 spiro atoms. The second-order valence-corrected chi connectivity index (χ2v) is 9.79. The summed E-state index contributed by atoms with van der Waals surface area (Å²) in [6.07, 6.45) is 4.98. The van der Waals surface area contributed by atoms with Crippen molar-refractivity contribution in [2.24, 2.45) is 0 Å². The zero-order valence-corrected chi connectivity index (χ0v) is 19.7. The van der Waals surface area contributed by atoms with E-state index in [1.165, 1.54) is 24.3 Å². The molecule has 0 aliphatic heterocycles. The molecule has 1 atom stereocenters. The third-order valence-corrected chi connectivity index (χ3v) is 6.90. The Balaban J connectivity index is 1.62. The normalized spacial score (nSPS) is 14.6. The van der Waals surface area contributed by atoms with Gasteiger partial charge in [0, 0.05) is 11.6 Å². The van der Waals surface area contributed by atoms with E-state index in [-0.39, 0.29) is 22.9 Å². The first-order valence-corrected chi connectivity index (χ1v) is 12.6. The van der Waals surface area contributed by atoms with Crippen LogP contribution in [0.4, 0.5) is 0 Å². The van der Waals surface area contributed by atoms with Gasteiger partial charge in [-0.25, -0.2) is 13.1 Å². The number of carbonyl (C=O) groups excluding carboxylic acids is 1. The summed E-state index contributed by atoms with van der Waals surface area (Å²) < 4.78 is 38.5. The fourth-order valence-electron chi connectivity index (χ4n) is 3.24. The quantitative estimate of drug-likeness (QED) is 0.463. The minimum atomic E-state index is -3.54. The van der Waals surface area contributed by atoms with Gasteiger partial charge in [0.1, 0.15) is 0 Å². The minimum absolute atomic E-state index is 0.0361. The zero-order valence-electron chi connectivity index (χ0n) is 18.9. The van der Waals surface area contributed by atoms with Crippen molar-refractivity contribution < 1.29 is 22.7 Å². The highest BCUT2D eigenvalue weighted by Crippen LogP contribution is 2.30. The first-order chi connectivity index (χ1) is 15.3. The number of hydrogen-bond acceptors (Lipinski definition) is 5. The van der Waals surface area contributed by atoms with Crippen molar-refractivity contribution in [1.82, 2.24) is 10.0 Å². The monoisotopic (exact) mass is 460 g/mol. The lowest BCUT2D eigenvalue weighted by Gasteiger charge is -2.17.